The van der Waals surface area contributed by atoms with Crippen molar-refractivity contribution in [1.82, 2.24) is 15.1 Å². The molecule has 1 unspecified atom stereocenters. The van der Waals surface area contributed by atoms with Gasteiger partial charge in [0.25, 0.3) is 12.3 Å². The predicted octanol–water partition coefficient (Wildman–Crippen LogP) is -0.224. The molecule has 1 aromatic rings. The van der Waals surface area contributed by atoms with Crippen molar-refractivity contribution in [3.05, 3.63) is 18.0 Å². The number of hydrogen-bond acceptors (Lipinski definition) is 3. The fourth-order valence-corrected chi connectivity index (χ4v) is 0.974. The van der Waals surface area contributed by atoms with E-state index in [4.69, 9.17) is 5.11 Å². The van der Waals surface area contributed by atoms with E-state index in [1.54, 1.807) is 7.05 Å². The minimum atomic E-state index is -2.86. The summed E-state index contributed by atoms with van der Waals surface area (Å²) < 4.78 is 25.1. The van der Waals surface area contributed by atoms with Gasteiger partial charge in [-0.25, -0.2) is 8.78 Å². The molecule has 0 aliphatic carbocycles. The monoisotopic (exact) mass is 219 g/mol. The van der Waals surface area contributed by atoms with Gasteiger partial charge in [0.2, 0.25) is 0 Å². The summed E-state index contributed by atoms with van der Waals surface area (Å²) in [4.78, 5) is 11.3. The third-order valence-electron chi connectivity index (χ3n) is 1.82. The largest absolute Gasteiger partial charge is 0.385 e. The number of aromatic nitrogens is 2. The molecular weight excluding hydrogens is 208 g/mol. The van der Waals surface area contributed by atoms with Gasteiger partial charge in [-0.3, -0.25) is 9.48 Å². The van der Waals surface area contributed by atoms with Crippen LogP contribution in [-0.4, -0.2) is 39.9 Å². The Balaban J connectivity index is 2.47. The minimum Gasteiger partial charge on any atom is -0.385 e. The average molecular weight is 219 g/mol. The van der Waals surface area contributed by atoms with Crippen LogP contribution in [0.25, 0.3) is 0 Å². The summed E-state index contributed by atoms with van der Waals surface area (Å²) in [5, 5.41) is 14.7. The van der Waals surface area contributed by atoms with Crippen molar-refractivity contribution in [2.24, 2.45) is 7.05 Å². The van der Waals surface area contributed by atoms with E-state index in [0.29, 0.717) is 0 Å². The minimum absolute atomic E-state index is 0.247. The van der Waals surface area contributed by atoms with Gasteiger partial charge in [-0.1, -0.05) is 0 Å². The Morgan fingerprint density at radius 3 is 2.87 bits per heavy atom. The summed E-state index contributed by atoms with van der Waals surface area (Å²) in [6.07, 6.45) is -3.29. The van der Waals surface area contributed by atoms with Gasteiger partial charge in [-0.2, -0.15) is 5.10 Å². The van der Waals surface area contributed by atoms with Crippen LogP contribution in [0, 0.1) is 0 Å². The number of halogens is 2. The number of rotatable bonds is 4. The van der Waals surface area contributed by atoms with Crippen LogP contribution in [0.1, 0.15) is 10.5 Å². The molecule has 0 saturated carbocycles. The van der Waals surface area contributed by atoms with Crippen LogP contribution in [0.4, 0.5) is 8.78 Å². The van der Waals surface area contributed by atoms with Crippen molar-refractivity contribution in [2.75, 3.05) is 6.54 Å². The molecule has 0 radical (unpaired) electrons. The Bertz CT molecular complexity index is 340. The van der Waals surface area contributed by atoms with Gasteiger partial charge in [0.1, 0.15) is 11.8 Å². The first kappa shape index (κ1) is 11.6. The van der Waals surface area contributed by atoms with Crippen LogP contribution < -0.4 is 5.32 Å². The highest BCUT2D eigenvalue weighted by molar-refractivity contribution is 5.92. The molecule has 5 nitrogen and oxygen atoms in total. The van der Waals surface area contributed by atoms with Crippen LogP contribution in [0.2, 0.25) is 0 Å². The summed E-state index contributed by atoms with van der Waals surface area (Å²) in [6.45, 7) is -0.484. The third kappa shape index (κ3) is 2.98. The zero-order valence-electron chi connectivity index (χ0n) is 8.02. The number of hydrogen-bond donors (Lipinski definition) is 2. The fraction of sp³-hybridized carbons (Fsp3) is 0.500. The van der Waals surface area contributed by atoms with Gasteiger partial charge < -0.3 is 10.4 Å². The Hall–Kier alpha value is -1.50. The van der Waals surface area contributed by atoms with Gasteiger partial charge in [0, 0.05) is 19.8 Å². The smallest absolute Gasteiger partial charge is 0.269 e. The normalized spacial score (nSPS) is 12.9. The molecule has 0 aliphatic rings. The van der Waals surface area contributed by atoms with E-state index < -0.39 is 25.0 Å². The van der Waals surface area contributed by atoms with Crippen LogP contribution in [0.15, 0.2) is 12.3 Å². The molecule has 7 heteroatoms. The SMILES string of the molecule is Cn1nccc1C(=O)NCC(O)C(F)F. The molecule has 15 heavy (non-hydrogen) atoms. The quantitative estimate of drug-likeness (QED) is 0.735. The van der Waals surface area contributed by atoms with E-state index in [0.717, 1.165) is 0 Å². The summed E-state index contributed by atoms with van der Waals surface area (Å²) in [6, 6.07) is 1.45. The number of nitrogens with one attached hydrogen (secondary N) is 1. The molecule has 1 atom stereocenters. The summed E-state index contributed by atoms with van der Waals surface area (Å²) >= 11 is 0. The van der Waals surface area contributed by atoms with Gasteiger partial charge >= 0.3 is 0 Å². The van der Waals surface area contributed by atoms with Gasteiger partial charge in [0.15, 0.2) is 0 Å². The predicted molar refractivity (Wildman–Crippen MR) is 47.6 cm³/mol. The van der Waals surface area contributed by atoms with E-state index in [9.17, 15) is 13.6 Å². The van der Waals surface area contributed by atoms with Crippen LogP contribution in [-0.2, 0) is 7.05 Å². The van der Waals surface area contributed by atoms with Crippen molar-refractivity contribution >= 4 is 5.91 Å². The second kappa shape index (κ2) is 4.83. The highest BCUT2D eigenvalue weighted by Crippen LogP contribution is 2.00. The number of carbonyl (C=O) groups is 1. The van der Waals surface area contributed by atoms with Crippen LogP contribution in [0.3, 0.4) is 0 Å². The zero-order valence-corrected chi connectivity index (χ0v) is 8.02. The molecule has 1 rings (SSSR count). The van der Waals surface area contributed by atoms with Crippen LogP contribution in [0.5, 0.6) is 0 Å². The highest BCUT2D eigenvalue weighted by atomic mass is 19.3. The third-order valence-corrected chi connectivity index (χ3v) is 1.82. The number of aliphatic hydroxyl groups excluding tert-OH is 1. The number of carbonyl (C=O) groups excluding carboxylic acids is 1. The second-order valence-corrected chi connectivity index (χ2v) is 2.95. The molecule has 0 fully saturated rings. The molecule has 1 aromatic heterocycles. The van der Waals surface area contributed by atoms with Crippen molar-refractivity contribution in [3.8, 4) is 0 Å². The number of alkyl halides is 2. The van der Waals surface area contributed by atoms with Crippen LogP contribution >= 0.6 is 0 Å². The summed E-state index contributed by atoms with van der Waals surface area (Å²) in [5.74, 6) is -0.547. The summed E-state index contributed by atoms with van der Waals surface area (Å²) in [5.41, 5.74) is 0.247. The van der Waals surface area contributed by atoms with Crippen molar-refractivity contribution in [1.29, 1.82) is 0 Å². The molecule has 0 spiro atoms. The number of nitrogens with zero attached hydrogens (tertiary/aromatic N) is 2. The highest BCUT2D eigenvalue weighted by Gasteiger charge is 2.18. The lowest BCUT2D eigenvalue weighted by Gasteiger charge is -2.10. The second-order valence-electron chi connectivity index (χ2n) is 2.95. The first-order valence-electron chi connectivity index (χ1n) is 4.24. The Morgan fingerprint density at radius 2 is 2.40 bits per heavy atom. The molecule has 1 amide bonds. The molecule has 0 saturated heterocycles. The lowest BCUT2D eigenvalue weighted by molar-refractivity contribution is -0.00274. The Labute approximate surface area is 84.7 Å². The molecule has 84 valence electrons. The molecule has 2 N–H and O–H groups in total. The molecule has 0 aliphatic heterocycles. The van der Waals surface area contributed by atoms with E-state index in [1.165, 1.54) is 16.9 Å². The van der Waals surface area contributed by atoms with Gasteiger partial charge in [0.05, 0.1) is 0 Å². The molecule has 1 heterocycles. The van der Waals surface area contributed by atoms with E-state index >= 15 is 0 Å². The van der Waals surface area contributed by atoms with Gasteiger partial charge in [-0.05, 0) is 6.07 Å². The molecule has 0 bridgehead atoms. The van der Waals surface area contributed by atoms with E-state index in [1.807, 2.05) is 0 Å². The molecular formula is C8H11F2N3O2. The number of aliphatic hydroxyl groups is 1. The lowest BCUT2D eigenvalue weighted by Crippen LogP contribution is -2.36. The first-order chi connectivity index (χ1) is 7.02. The van der Waals surface area contributed by atoms with E-state index in [2.05, 4.69) is 10.4 Å². The fourth-order valence-electron chi connectivity index (χ4n) is 0.974. The topological polar surface area (TPSA) is 67.2 Å². The maximum atomic E-state index is 11.9. The first-order valence-corrected chi connectivity index (χ1v) is 4.24. The van der Waals surface area contributed by atoms with E-state index in [-0.39, 0.29) is 5.69 Å². The van der Waals surface area contributed by atoms with Gasteiger partial charge in [-0.15, -0.1) is 0 Å². The Kier molecular flexibility index (Phi) is 3.73. The van der Waals surface area contributed by atoms with Crippen molar-refractivity contribution in [3.63, 3.8) is 0 Å². The summed E-state index contributed by atoms with van der Waals surface area (Å²) in [7, 11) is 1.55. The van der Waals surface area contributed by atoms with Crippen molar-refractivity contribution < 1.29 is 18.7 Å². The maximum absolute atomic E-state index is 11.9. The molecule has 0 aromatic carbocycles. The zero-order chi connectivity index (χ0) is 11.4. The Morgan fingerprint density at radius 1 is 1.73 bits per heavy atom. The van der Waals surface area contributed by atoms with Crippen molar-refractivity contribution in [2.45, 2.75) is 12.5 Å². The lowest BCUT2D eigenvalue weighted by atomic mass is 10.3. The average Bonchev–Trinajstić information content (AvgIpc) is 2.60. The number of aryl methyl sites for hydroxylation is 1. The maximum Gasteiger partial charge on any atom is 0.269 e. The standard InChI is InChI=1S/C8H11F2N3O2/c1-13-5(2-3-12-13)8(15)11-4-6(14)7(9)10/h2-3,6-7,14H,4H2,1H3,(H,11,15). The number of amides is 1.